The van der Waals surface area contributed by atoms with Crippen molar-refractivity contribution in [3.8, 4) is 11.5 Å². The Morgan fingerprint density at radius 2 is 1.70 bits per heavy atom. The molecular formula is C24H29N3O5S. The first-order valence-electron chi connectivity index (χ1n) is 11.1. The first kappa shape index (κ1) is 23.3. The highest BCUT2D eigenvalue weighted by Gasteiger charge is 2.22. The van der Waals surface area contributed by atoms with Gasteiger partial charge in [-0.2, -0.15) is 0 Å². The average Bonchev–Trinajstić information content (AvgIpc) is 2.84. The van der Waals surface area contributed by atoms with Crippen molar-refractivity contribution >= 4 is 22.0 Å². The lowest BCUT2D eigenvalue weighted by Gasteiger charge is -2.34. The van der Waals surface area contributed by atoms with Gasteiger partial charge in [0.15, 0.2) is 11.5 Å². The molecule has 1 fully saturated rings. The van der Waals surface area contributed by atoms with E-state index in [2.05, 4.69) is 33.9 Å². The monoisotopic (exact) mass is 471 g/mol. The minimum Gasteiger partial charge on any atom is -0.486 e. The SMILES string of the molecule is O=C(CCNS(=O)(=O)c1ccc2c(c1)OCCO2)N1CCN(C/C=C/c2ccccc2)CC1. The number of fused-ring (bicyclic) bond motifs is 1. The summed E-state index contributed by atoms with van der Waals surface area (Å²) in [5.74, 6) is 0.904. The predicted molar refractivity (Wildman–Crippen MR) is 126 cm³/mol. The highest BCUT2D eigenvalue weighted by Crippen LogP contribution is 2.32. The summed E-state index contributed by atoms with van der Waals surface area (Å²) >= 11 is 0. The van der Waals surface area contributed by atoms with Gasteiger partial charge in [0.05, 0.1) is 4.90 Å². The van der Waals surface area contributed by atoms with E-state index < -0.39 is 10.0 Å². The highest BCUT2D eigenvalue weighted by molar-refractivity contribution is 7.89. The number of nitrogens with zero attached hydrogens (tertiary/aromatic N) is 2. The summed E-state index contributed by atoms with van der Waals surface area (Å²) in [7, 11) is -3.73. The molecule has 4 rings (SSSR count). The summed E-state index contributed by atoms with van der Waals surface area (Å²) in [4.78, 5) is 16.7. The van der Waals surface area contributed by atoms with Gasteiger partial charge in [-0.3, -0.25) is 9.69 Å². The van der Waals surface area contributed by atoms with Crippen molar-refractivity contribution < 1.29 is 22.7 Å². The van der Waals surface area contributed by atoms with Crippen LogP contribution in [0, 0.1) is 0 Å². The van der Waals surface area contributed by atoms with Gasteiger partial charge in [0.25, 0.3) is 0 Å². The van der Waals surface area contributed by atoms with E-state index in [0.29, 0.717) is 37.8 Å². The molecule has 2 aliphatic heterocycles. The molecule has 0 spiro atoms. The van der Waals surface area contributed by atoms with Gasteiger partial charge >= 0.3 is 0 Å². The Kier molecular flexibility index (Phi) is 7.64. The van der Waals surface area contributed by atoms with Crippen LogP contribution < -0.4 is 14.2 Å². The summed E-state index contributed by atoms with van der Waals surface area (Å²) in [5.41, 5.74) is 1.17. The maximum absolute atomic E-state index is 12.6. The number of carbonyl (C=O) groups excluding carboxylic acids is 1. The topological polar surface area (TPSA) is 88.2 Å². The number of amides is 1. The number of rotatable bonds is 8. The second-order valence-corrected chi connectivity index (χ2v) is 9.71. The van der Waals surface area contributed by atoms with Crippen LogP contribution in [0.5, 0.6) is 11.5 Å². The Morgan fingerprint density at radius 3 is 2.45 bits per heavy atom. The van der Waals surface area contributed by atoms with E-state index in [1.54, 1.807) is 11.0 Å². The largest absolute Gasteiger partial charge is 0.486 e. The second kappa shape index (κ2) is 10.8. The van der Waals surface area contributed by atoms with E-state index in [0.717, 1.165) is 19.6 Å². The highest BCUT2D eigenvalue weighted by atomic mass is 32.2. The molecule has 0 unspecified atom stereocenters. The van der Waals surface area contributed by atoms with Gasteiger partial charge in [-0.05, 0) is 17.7 Å². The molecule has 8 nitrogen and oxygen atoms in total. The molecule has 176 valence electrons. The van der Waals surface area contributed by atoms with Crippen LogP contribution in [0.3, 0.4) is 0 Å². The summed E-state index contributed by atoms with van der Waals surface area (Å²) in [6.45, 7) is 4.61. The third kappa shape index (κ3) is 6.34. The van der Waals surface area contributed by atoms with E-state index in [4.69, 9.17) is 9.47 Å². The van der Waals surface area contributed by atoms with Crippen molar-refractivity contribution in [2.75, 3.05) is 52.5 Å². The lowest BCUT2D eigenvalue weighted by Crippen LogP contribution is -2.49. The third-order valence-electron chi connectivity index (χ3n) is 5.65. The molecule has 0 atom stereocenters. The quantitative estimate of drug-likeness (QED) is 0.634. The molecule has 0 saturated carbocycles. The number of nitrogens with one attached hydrogen (secondary N) is 1. The standard InChI is InChI=1S/C24H29N3O5S/c28-24(27-15-13-26(14-16-27)12-4-7-20-5-2-1-3-6-20)10-11-25-33(29,30)21-8-9-22-23(19-21)32-18-17-31-22/h1-9,19,25H,10-18H2/b7-4+. The Bertz CT molecular complexity index is 1080. The maximum atomic E-state index is 12.6. The lowest BCUT2D eigenvalue weighted by atomic mass is 10.2. The van der Waals surface area contributed by atoms with Crippen LogP contribution in [0.15, 0.2) is 59.5 Å². The molecule has 2 aromatic carbocycles. The zero-order valence-electron chi connectivity index (χ0n) is 18.5. The van der Waals surface area contributed by atoms with Gasteiger partial charge in [0.1, 0.15) is 13.2 Å². The van der Waals surface area contributed by atoms with Gasteiger partial charge in [0.2, 0.25) is 15.9 Å². The first-order chi connectivity index (χ1) is 16.0. The Hall–Kier alpha value is -2.88. The number of piperazine rings is 1. The molecule has 1 saturated heterocycles. The van der Waals surface area contributed by atoms with Crippen molar-refractivity contribution in [3.63, 3.8) is 0 Å². The number of benzene rings is 2. The molecule has 33 heavy (non-hydrogen) atoms. The Balaban J connectivity index is 1.19. The molecule has 0 bridgehead atoms. The van der Waals surface area contributed by atoms with Crippen LogP contribution in [-0.4, -0.2) is 76.6 Å². The average molecular weight is 472 g/mol. The zero-order valence-corrected chi connectivity index (χ0v) is 19.3. The predicted octanol–water partition coefficient (Wildman–Crippen LogP) is 1.98. The Morgan fingerprint density at radius 1 is 0.970 bits per heavy atom. The van der Waals surface area contributed by atoms with Crippen LogP contribution in [-0.2, 0) is 14.8 Å². The summed E-state index contributed by atoms with van der Waals surface area (Å²) in [5, 5.41) is 0. The summed E-state index contributed by atoms with van der Waals surface area (Å²) in [6, 6.07) is 14.7. The fourth-order valence-electron chi connectivity index (χ4n) is 3.81. The van der Waals surface area contributed by atoms with Crippen LogP contribution in [0.4, 0.5) is 0 Å². The van der Waals surface area contributed by atoms with Crippen LogP contribution in [0.25, 0.3) is 6.08 Å². The van der Waals surface area contributed by atoms with Crippen molar-refractivity contribution in [1.82, 2.24) is 14.5 Å². The third-order valence-corrected chi connectivity index (χ3v) is 7.11. The van der Waals surface area contributed by atoms with Crippen molar-refractivity contribution in [2.24, 2.45) is 0 Å². The fourth-order valence-corrected chi connectivity index (χ4v) is 4.85. The molecule has 2 aromatic rings. The van der Waals surface area contributed by atoms with Crippen molar-refractivity contribution in [2.45, 2.75) is 11.3 Å². The van der Waals surface area contributed by atoms with Crippen molar-refractivity contribution in [1.29, 1.82) is 0 Å². The molecular weight excluding hydrogens is 442 g/mol. The minimum atomic E-state index is -3.73. The fraction of sp³-hybridized carbons (Fsp3) is 0.375. The molecule has 2 aliphatic rings. The number of hydrogen-bond acceptors (Lipinski definition) is 6. The lowest BCUT2D eigenvalue weighted by molar-refractivity contribution is -0.132. The summed E-state index contributed by atoms with van der Waals surface area (Å²) < 4.78 is 38.5. The molecule has 9 heteroatoms. The second-order valence-electron chi connectivity index (χ2n) is 7.95. The number of carbonyl (C=O) groups is 1. The van der Waals surface area contributed by atoms with Gasteiger partial charge in [-0.15, -0.1) is 0 Å². The molecule has 2 heterocycles. The van der Waals surface area contributed by atoms with E-state index >= 15 is 0 Å². The van der Waals surface area contributed by atoms with E-state index in [9.17, 15) is 13.2 Å². The number of sulfonamides is 1. The van der Waals surface area contributed by atoms with E-state index in [1.807, 2.05) is 18.2 Å². The van der Waals surface area contributed by atoms with Gasteiger partial charge in [-0.1, -0.05) is 42.5 Å². The Labute approximate surface area is 194 Å². The van der Waals surface area contributed by atoms with E-state index in [-0.39, 0.29) is 23.8 Å². The normalized spacial score (nSPS) is 16.8. The zero-order chi connectivity index (χ0) is 23.1. The molecule has 0 radical (unpaired) electrons. The van der Waals surface area contributed by atoms with Gasteiger partial charge in [0, 0.05) is 51.8 Å². The minimum absolute atomic E-state index is 0.0423. The van der Waals surface area contributed by atoms with Crippen LogP contribution in [0.2, 0.25) is 0 Å². The maximum Gasteiger partial charge on any atom is 0.240 e. The van der Waals surface area contributed by atoms with Crippen LogP contribution in [0.1, 0.15) is 12.0 Å². The summed E-state index contributed by atoms with van der Waals surface area (Å²) in [6.07, 6.45) is 4.36. The molecule has 0 aromatic heterocycles. The smallest absolute Gasteiger partial charge is 0.240 e. The number of hydrogen-bond donors (Lipinski definition) is 1. The molecule has 1 amide bonds. The van der Waals surface area contributed by atoms with E-state index in [1.165, 1.54) is 17.7 Å². The van der Waals surface area contributed by atoms with Crippen molar-refractivity contribution in [3.05, 3.63) is 60.2 Å². The van der Waals surface area contributed by atoms with Gasteiger partial charge < -0.3 is 14.4 Å². The molecule has 0 aliphatic carbocycles. The number of ether oxygens (including phenoxy) is 2. The molecule has 1 N–H and O–H groups in total. The first-order valence-corrected chi connectivity index (χ1v) is 12.6. The van der Waals surface area contributed by atoms with Gasteiger partial charge in [-0.25, -0.2) is 13.1 Å². The van der Waals surface area contributed by atoms with Crippen LogP contribution >= 0.6 is 0 Å².